The van der Waals surface area contributed by atoms with E-state index in [4.69, 9.17) is 0 Å². The fourth-order valence-electron chi connectivity index (χ4n) is 2.49. The monoisotopic (exact) mass is 242 g/mol. The molecular formula is C14H18N4. The van der Waals surface area contributed by atoms with Crippen LogP contribution in [0.2, 0.25) is 0 Å². The van der Waals surface area contributed by atoms with Crippen molar-refractivity contribution in [2.45, 2.75) is 32.2 Å². The van der Waals surface area contributed by atoms with E-state index >= 15 is 0 Å². The zero-order valence-electron chi connectivity index (χ0n) is 10.6. The summed E-state index contributed by atoms with van der Waals surface area (Å²) in [7, 11) is 0. The van der Waals surface area contributed by atoms with Gasteiger partial charge < -0.3 is 5.32 Å². The summed E-state index contributed by atoms with van der Waals surface area (Å²) >= 11 is 0. The van der Waals surface area contributed by atoms with Crippen molar-refractivity contribution >= 4 is 0 Å². The summed E-state index contributed by atoms with van der Waals surface area (Å²) in [5.41, 5.74) is 3.33. The fourth-order valence-corrected chi connectivity index (χ4v) is 2.49. The van der Waals surface area contributed by atoms with Crippen LogP contribution in [-0.4, -0.2) is 27.6 Å². The van der Waals surface area contributed by atoms with Gasteiger partial charge in [0.05, 0.1) is 17.6 Å². The molecule has 0 spiro atoms. The van der Waals surface area contributed by atoms with Crippen molar-refractivity contribution in [1.29, 1.82) is 0 Å². The Hall–Kier alpha value is -1.68. The molecule has 0 amide bonds. The van der Waals surface area contributed by atoms with Crippen LogP contribution in [0.3, 0.4) is 0 Å². The molecule has 18 heavy (non-hydrogen) atoms. The minimum atomic E-state index is 0.632. The van der Waals surface area contributed by atoms with Crippen molar-refractivity contribution in [3.8, 4) is 5.69 Å². The van der Waals surface area contributed by atoms with Gasteiger partial charge in [0, 0.05) is 6.04 Å². The Labute approximate surface area is 107 Å². The Balaban J connectivity index is 1.80. The van der Waals surface area contributed by atoms with Gasteiger partial charge in [-0.2, -0.15) is 15.0 Å². The van der Waals surface area contributed by atoms with Gasteiger partial charge in [-0.25, -0.2) is 0 Å². The highest BCUT2D eigenvalue weighted by Crippen LogP contribution is 2.15. The summed E-state index contributed by atoms with van der Waals surface area (Å²) in [5.74, 6) is 0. The van der Waals surface area contributed by atoms with Crippen molar-refractivity contribution in [1.82, 2.24) is 20.3 Å². The standard InChI is InChI=1S/C14H18N4/c1-11-10-16-18(17-11)14-6-2-4-12(9-14)8-13-5-3-7-15-13/h2,4,6,9-10,13,15H,3,5,7-8H2,1H3. The van der Waals surface area contributed by atoms with E-state index in [-0.39, 0.29) is 0 Å². The molecule has 3 rings (SSSR count). The Morgan fingerprint density at radius 1 is 1.44 bits per heavy atom. The summed E-state index contributed by atoms with van der Waals surface area (Å²) < 4.78 is 0. The maximum atomic E-state index is 4.34. The van der Waals surface area contributed by atoms with E-state index in [2.05, 4.69) is 33.7 Å². The van der Waals surface area contributed by atoms with Crippen LogP contribution in [0.5, 0.6) is 0 Å². The van der Waals surface area contributed by atoms with Gasteiger partial charge in [-0.1, -0.05) is 12.1 Å². The average Bonchev–Trinajstić information content (AvgIpc) is 3.01. The van der Waals surface area contributed by atoms with E-state index in [1.54, 1.807) is 11.0 Å². The molecule has 94 valence electrons. The number of benzene rings is 1. The van der Waals surface area contributed by atoms with Gasteiger partial charge in [-0.3, -0.25) is 0 Å². The topological polar surface area (TPSA) is 42.7 Å². The van der Waals surface area contributed by atoms with Crippen LogP contribution >= 0.6 is 0 Å². The van der Waals surface area contributed by atoms with Crippen LogP contribution in [0.4, 0.5) is 0 Å². The van der Waals surface area contributed by atoms with Gasteiger partial charge in [0.2, 0.25) is 0 Å². The van der Waals surface area contributed by atoms with Crippen LogP contribution in [0.15, 0.2) is 30.5 Å². The van der Waals surface area contributed by atoms with E-state index in [9.17, 15) is 0 Å². The molecule has 0 radical (unpaired) electrons. The third kappa shape index (κ3) is 2.43. The molecule has 1 aliphatic rings. The quantitative estimate of drug-likeness (QED) is 0.893. The Bertz CT molecular complexity index is 526. The number of hydrogen-bond acceptors (Lipinski definition) is 3. The predicted octanol–water partition coefficient (Wildman–Crippen LogP) is 1.87. The highest BCUT2D eigenvalue weighted by molar-refractivity contribution is 5.34. The molecule has 1 unspecified atom stereocenters. The molecule has 4 heteroatoms. The highest BCUT2D eigenvalue weighted by atomic mass is 15.5. The lowest BCUT2D eigenvalue weighted by atomic mass is 10.0. The van der Waals surface area contributed by atoms with Crippen molar-refractivity contribution in [2.75, 3.05) is 6.54 Å². The number of aromatic nitrogens is 3. The molecule has 2 aromatic rings. The molecule has 2 heterocycles. The van der Waals surface area contributed by atoms with Gasteiger partial charge in [-0.15, -0.1) is 0 Å². The molecule has 1 fully saturated rings. The van der Waals surface area contributed by atoms with Gasteiger partial charge >= 0.3 is 0 Å². The minimum Gasteiger partial charge on any atom is -0.314 e. The lowest BCUT2D eigenvalue weighted by Gasteiger charge is -2.10. The minimum absolute atomic E-state index is 0.632. The van der Waals surface area contributed by atoms with E-state index in [0.717, 1.165) is 24.3 Å². The first-order chi connectivity index (χ1) is 8.81. The summed E-state index contributed by atoms with van der Waals surface area (Å²) in [4.78, 5) is 1.70. The second-order valence-electron chi connectivity index (χ2n) is 4.94. The number of rotatable bonds is 3. The van der Waals surface area contributed by atoms with Crippen molar-refractivity contribution in [3.63, 3.8) is 0 Å². The van der Waals surface area contributed by atoms with Crippen LogP contribution in [0.1, 0.15) is 24.1 Å². The molecule has 0 saturated carbocycles. The summed E-state index contributed by atoms with van der Waals surface area (Å²) in [6.07, 6.45) is 5.45. The van der Waals surface area contributed by atoms with Crippen LogP contribution in [-0.2, 0) is 6.42 Å². The number of aryl methyl sites for hydroxylation is 1. The molecular weight excluding hydrogens is 224 g/mol. The van der Waals surface area contributed by atoms with E-state index in [0.29, 0.717) is 6.04 Å². The lowest BCUT2D eigenvalue weighted by Crippen LogP contribution is -2.23. The van der Waals surface area contributed by atoms with Gasteiger partial charge in [0.1, 0.15) is 0 Å². The second kappa shape index (κ2) is 4.90. The third-order valence-corrected chi connectivity index (χ3v) is 3.39. The van der Waals surface area contributed by atoms with Gasteiger partial charge in [-0.05, 0) is 50.4 Å². The molecule has 1 N–H and O–H groups in total. The number of nitrogens with one attached hydrogen (secondary N) is 1. The van der Waals surface area contributed by atoms with Gasteiger partial charge in [0.25, 0.3) is 0 Å². The predicted molar refractivity (Wildman–Crippen MR) is 70.8 cm³/mol. The highest BCUT2D eigenvalue weighted by Gasteiger charge is 2.14. The lowest BCUT2D eigenvalue weighted by molar-refractivity contribution is 0.602. The first-order valence-corrected chi connectivity index (χ1v) is 6.53. The molecule has 0 bridgehead atoms. The zero-order chi connectivity index (χ0) is 12.4. The summed E-state index contributed by atoms with van der Waals surface area (Å²) in [5, 5.41) is 12.1. The van der Waals surface area contributed by atoms with Crippen LogP contribution in [0.25, 0.3) is 5.69 Å². The molecule has 0 aliphatic carbocycles. The maximum absolute atomic E-state index is 4.34. The van der Waals surface area contributed by atoms with Crippen molar-refractivity contribution in [3.05, 3.63) is 41.7 Å². The van der Waals surface area contributed by atoms with E-state index in [1.807, 2.05) is 13.0 Å². The summed E-state index contributed by atoms with van der Waals surface area (Å²) in [6, 6.07) is 9.12. The Morgan fingerprint density at radius 3 is 3.11 bits per heavy atom. The zero-order valence-corrected chi connectivity index (χ0v) is 10.6. The van der Waals surface area contributed by atoms with Crippen LogP contribution in [0, 0.1) is 6.92 Å². The number of nitrogens with zero attached hydrogens (tertiary/aromatic N) is 3. The average molecular weight is 242 g/mol. The maximum Gasteiger partial charge on any atom is 0.0859 e. The van der Waals surface area contributed by atoms with Gasteiger partial charge in [0.15, 0.2) is 0 Å². The van der Waals surface area contributed by atoms with Crippen molar-refractivity contribution < 1.29 is 0 Å². The smallest absolute Gasteiger partial charge is 0.0859 e. The number of hydrogen-bond donors (Lipinski definition) is 1. The Morgan fingerprint density at radius 2 is 2.39 bits per heavy atom. The fraction of sp³-hybridized carbons (Fsp3) is 0.429. The van der Waals surface area contributed by atoms with E-state index in [1.165, 1.54) is 18.4 Å². The largest absolute Gasteiger partial charge is 0.314 e. The molecule has 1 aromatic carbocycles. The van der Waals surface area contributed by atoms with Crippen molar-refractivity contribution in [2.24, 2.45) is 0 Å². The third-order valence-electron chi connectivity index (χ3n) is 3.39. The second-order valence-corrected chi connectivity index (χ2v) is 4.94. The summed E-state index contributed by atoms with van der Waals surface area (Å²) in [6.45, 7) is 3.11. The molecule has 1 atom stereocenters. The molecule has 1 aliphatic heterocycles. The first-order valence-electron chi connectivity index (χ1n) is 6.53. The molecule has 1 aromatic heterocycles. The van der Waals surface area contributed by atoms with E-state index < -0.39 is 0 Å². The molecule has 1 saturated heterocycles. The Kier molecular flexibility index (Phi) is 3.11. The van der Waals surface area contributed by atoms with Crippen LogP contribution < -0.4 is 5.32 Å². The molecule has 4 nitrogen and oxygen atoms in total. The SMILES string of the molecule is Cc1cnn(-c2cccc(CC3CCCN3)c2)n1. The first kappa shape index (κ1) is 11.4. The normalized spacial score (nSPS) is 19.3.